The normalized spacial score (nSPS) is 40.4. The Labute approximate surface area is 115 Å². The lowest BCUT2D eigenvalue weighted by Gasteiger charge is -2.61. The van der Waals surface area contributed by atoms with Gasteiger partial charge in [-0.2, -0.15) is 0 Å². The Morgan fingerprint density at radius 3 is 2.95 bits per heavy atom. The van der Waals surface area contributed by atoms with Crippen LogP contribution in [0.2, 0.25) is 0 Å². The first-order valence-corrected chi connectivity index (χ1v) is 7.72. The van der Waals surface area contributed by atoms with Crippen LogP contribution in [0.1, 0.15) is 48.8 Å². The molecule has 19 heavy (non-hydrogen) atoms. The lowest BCUT2D eigenvalue weighted by Crippen LogP contribution is -2.71. The molecule has 0 radical (unpaired) electrons. The Morgan fingerprint density at radius 2 is 2.05 bits per heavy atom. The molecule has 4 rings (SSSR count). The highest BCUT2D eigenvalue weighted by molar-refractivity contribution is 5.46. The molecular formula is C17H23NO. The van der Waals surface area contributed by atoms with Crippen molar-refractivity contribution in [2.24, 2.45) is 0 Å². The van der Waals surface area contributed by atoms with Crippen LogP contribution < -0.4 is 5.32 Å². The van der Waals surface area contributed by atoms with E-state index in [4.69, 9.17) is 0 Å². The van der Waals surface area contributed by atoms with E-state index in [0.717, 1.165) is 32.2 Å². The molecular weight excluding hydrogens is 234 g/mol. The molecule has 2 heteroatoms. The van der Waals surface area contributed by atoms with Crippen molar-refractivity contribution in [1.29, 1.82) is 0 Å². The number of nitrogens with one attached hydrogen (secondary N) is 1. The van der Waals surface area contributed by atoms with Crippen LogP contribution in [-0.2, 0) is 11.8 Å². The Morgan fingerprint density at radius 1 is 1.21 bits per heavy atom. The average molecular weight is 257 g/mol. The van der Waals surface area contributed by atoms with Gasteiger partial charge in [0.05, 0.1) is 5.60 Å². The third kappa shape index (κ3) is 1.39. The minimum atomic E-state index is -0.510. The van der Waals surface area contributed by atoms with Crippen molar-refractivity contribution in [3.8, 4) is 0 Å². The molecule has 0 amide bonds. The highest BCUT2D eigenvalue weighted by Crippen LogP contribution is 2.56. The van der Waals surface area contributed by atoms with Crippen molar-refractivity contribution < 1.29 is 5.11 Å². The summed E-state index contributed by atoms with van der Waals surface area (Å²) in [5, 5.41) is 15.0. The molecule has 3 atom stereocenters. The summed E-state index contributed by atoms with van der Waals surface area (Å²) >= 11 is 0. The van der Waals surface area contributed by atoms with Gasteiger partial charge < -0.3 is 10.4 Å². The van der Waals surface area contributed by atoms with E-state index in [-0.39, 0.29) is 11.5 Å². The molecule has 1 heterocycles. The number of piperidine rings is 1. The summed E-state index contributed by atoms with van der Waals surface area (Å²) in [5.41, 5.74) is 3.78. The van der Waals surface area contributed by atoms with Crippen LogP contribution in [0.25, 0.3) is 0 Å². The van der Waals surface area contributed by atoms with Crippen molar-refractivity contribution in [2.75, 3.05) is 6.54 Å². The number of rotatable bonds is 0. The van der Waals surface area contributed by atoms with Crippen molar-refractivity contribution in [3.63, 3.8) is 0 Å². The van der Waals surface area contributed by atoms with E-state index < -0.39 is 5.60 Å². The van der Waals surface area contributed by atoms with Crippen molar-refractivity contribution >= 4 is 0 Å². The molecule has 0 aromatic heterocycles. The van der Waals surface area contributed by atoms with Crippen LogP contribution in [0.3, 0.4) is 0 Å². The molecule has 1 saturated carbocycles. The van der Waals surface area contributed by atoms with Gasteiger partial charge in [-0.3, -0.25) is 0 Å². The Kier molecular flexibility index (Phi) is 2.40. The first kappa shape index (κ1) is 11.9. The van der Waals surface area contributed by atoms with Gasteiger partial charge in [-0.25, -0.2) is 0 Å². The number of hydrogen-bond acceptors (Lipinski definition) is 2. The minimum Gasteiger partial charge on any atom is -0.387 e. The second-order valence-corrected chi connectivity index (χ2v) is 6.83. The fourth-order valence-corrected chi connectivity index (χ4v) is 5.03. The molecule has 102 valence electrons. The second-order valence-electron chi connectivity index (χ2n) is 6.83. The molecule has 2 nitrogen and oxygen atoms in total. The summed E-state index contributed by atoms with van der Waals surface area (Å²) in [6.07, 6.45) is 6.67. The van der Waals surface area contributed by atoms with Crippen molar-refractivity contribution in [3.05, 3.63) is 34.9 Å². The Hall–Kier alpha value is -0.860. The highest BCUT2D eigenvalue weighted by Gasteiger charge is 2.61. The highest BCUT2D eigenvalue weighted by atomic mass is 16.3. The Balaban J connectivity index is 1.97. The van der Waals surface area contributed by atoms with Crippen LogP contribution in [-0.4, -0.2) is 23.3 Å². The fraction of sp³-hybridized carbons (Fsp3) is 0.647. The van der Waals surface area contributed by atoms with E-state index >= 15 is 0 Å². The third-order valence-corrected chi connectivity index (χ3v) is 5.96. The van der Waals surface area contributed by atoms with Gasteiger partial charge in [0.15, 0.2) is 0 Å². The van der Waals surface area contributed by atoms with Crippen molar-refractivity contribution in [2.45, 2.75) is 62.5 Å². The maximum absolute atomic E-state index is 11.4. The fourth-order valence-electron chi connectivity index (χ4n) is 5.03. The van der Waals surface area contributed by atoms with E-state index in [0.29, 0.717) is 0 Å². The van der Waals surface area contributed by atoms with Crippen LogP contribution in [0, 0.1) is 6.92 Å². The molecule has 1 aromatic rings. The smallest absolute Gasteiger partial charge is 0.0899 e. The number of fused-ring (bicyclic) bond motifs is 1. The number of aliphatic hydroxyl groups is 1. The summed E-state index contributed by atoms with van der Waals surface area (Å²) in [6, 6.07) is 7.13. The molecule has 1 saturated heterocycles. The maximum Gasteiger partial charge on any atom is 0.0899 e. The van der Waals surface area contributed by atoms with Gasteiger partial charge in [-0.15, -0.1) is 0 Å². The number of aryl methyl sites for hydroxylation is 1. The van der Waals surface area contributed by atoms with Crippen LogP contribution in [0.15, 0.2) is 18.2 Å². The lowest BCUT2D eigenvalue weighted by molar-refractivity contribution is -0.124. The SMILES string of the molecule is Cc1ccc2c(c1)C13CCCC[C@@]1(O)C(C2)NCC3. The van der Waals surface area contributed by atoms with Crippen LogP contribution in [0.4, 0.5) is 0 Å². The molecule has 1 aromatic carbocycles. The van der Waals surface area contributed by atoms with Gasteiger partial charge in [0.25, 0.3) is 0 Å². The molecule has 2 aliphatic carbocycles. The van der Waals surface area contributed by atoms with Gasteiger partial charge >= 0.3 is 0 Å². The van der Waals surface area contributed by atoms with Crippen LogP contribution >= 0.6 is 0 Å². The first-order valence-electron chi connectivity index (χ1n) is 7.72. The lowest BCUT2D eigenvalue weighted by atomic mass is 9.50. The zero-order valence-corrected chi connectivity index (χ0v) is 11.7. The minimum absolute atomic E-state index is 0.0285. The number of hydrogen-bond donors (Lipinski definition) is 2. The zero-order chi connectivity index (χ0) is 13.1. The monoisotopic (exact) mass is 257 g/mol. The van der Waals surface area contributed by atoms with Gasteiger partial charge in [0.2, 0.25) is 0 Å². The summed E-state index contributed by atoms with van der Waals surface area (Å²) in [4.78, 5) is 0. The largest absolute Gasteiger partial charge is 0.387 e. The Bertz CT molecular complexity index is 522. The van der Waals surface area contributed by atoms with E-state index in [9.17, 15) is 5.11 Å². The molecule has 2 unspecified atom stereocenters. The van der Waals surface area contributed by atoms with E-state index in [1.165, 1.54) is 29.5 Å². The van der Waals surface area contributed by atoms with Gasteiger partial charge in [-0.05, 0) is 50.3 Å². The molecule has 2 bridgehead atoms. The number of benzene rings is 1. The molecule has 1 aliphatic heterocycles. The van der Waals surface area contributed by atoms with Gasteiger partial charge in [0.1, 0.15) is 0 Å². The maximum atomic E-state index is 11.4. The molecule has 2 fully saturated rings. The average Bonchev–Trinajstić information content (AvgIpc) is 2.39. The second kappa shape index (κ2) is 3.83. The van der Waals surface area contributed by atoms with Crippen LogP contribution in [0.5, 0.6) is 0 Å². The molecule has 3 aliphatic rings. The quantitative estimate of drug-likeness (QED) is 0.748. The molecule has 2 N–H and O–H groups in total. The van der Waals surface area contributed by atoms with Gasteiger partial charge in [0, 0.05) is 11.5 Å². The summed E-state index contributed by atoms with van der Waals surface area (Å²) in [7, 11) is 0. The summed E-state index contributed by atoms with van der Waals surface area (Å²) in [5.74, 6) is 0. The first-order chi connectivity index (χ1) is 9.16. The third-order valence-electron chi connectivity index (χ3n) is 5.96. The summed E-state index contributed by atoms with van der Waals surface area (Å²) in [6.45, 7) is 3.23. The van der Waals surface area contributed by atoms with E-state index in [1.807, 2.05) is 0 Å². The predicted octanol–water partition coefficient (Wildman–Crippen LogP) is 2.46. The topological polar surface area (TPSA) is 32.3 Å². The van der Waals surface area contributed by atoms with E-state index in [1.54, 1.807) is 0 Å². The zero-order valence-electron chi connectivity index (χ0n) is 11.7. The van der Waals surface area contributed by atoms with E-state index in [2.05, 4.69) is 30.4 Å². The predicted molar refractivity (Wildman–Crippen MR) is 76.4 cm³/mol. The van der Waals surface area contributed by atoms with Gasteiger partial charge in [-0.1, -0.05) is 36.6 Å². The molecule has 0 spiro atoms. The summed E-state index contributed by atoms with van der Waals surface area (Å²) < 4.78 is 0. The van der Waals surface area contributed by atoms with Crippen molar-refractivity contribution in [1.82, 2.24) is 5.32 Å². The standard InChI is InChI=1S/C17H23NO/c1-12-4-5-13-11-15-17(19)7-3-2-6-16(17,8-9-18-15)14(13)10-12/h4-5,10,15,18-19H,2-3,6-9,11H2,1H3/t15?,16?,17-/m1/s1.